The molecule has 0 amide bonds. The normalized spacial score (nSPS) is 11.9. The lowest BCUT2D eigenvalue weighted by atomic mass is 10.1. The third-order valence-electron chi connectivity index (χ3n) is 3.92. The van der Waals surface area contributed by atoms with Crippen LogP contribution in [0.3, 0.4) is 0 Å². The zero-order valence-corrected chi connectivity index (χ0v) is 15.5. The molecule has 0 saturated heterocycles. The molecule has 3 rings (SSSR count). The maximum atomic E-state index is 6.02. The monoisotopic (exact) mass is 361 g/mol. The molecule has 0 bridgehead atoms. The summed E-state index contributed by atoms with van der Waals surface area (Å²) >= 11 is 1.60. The summed E-state index contributed by atoms with van der Waals surface area (Å²) in [6.45, 7) is 1.81. The predicted molar refractivity (Wildman–Crippen MR) is 113 cm³/mol. The fourth-order valence-electron chi connectivity index (χ4n) is 2.53. The lowest BCUT2D eigenvalue weighted by Gasteiger charge is -2.04. The van der Waals surface area contributed by atoms with Crippen molar-refractivity contribution >= 4 is 28.9 Å². The van der Waals surface area contributed by atoms with Crippen LogP contribution in [0.4, 0.5) is 5.69 Å². The van der Waals surface area contributed by atoms with Crippen molar-refractivity contribution in [1.82, 2.24) is 5.32 Å². The van der Waals surface area contributed by atoms with Gasteiger partial charge in [-0.25, -0.2) is 4.99 Å². The summed E-state index contributed by atoms with van der Waals surface area (Å²) < 4.78 is 0. The number of amidine groups is 1. The first kappa shape index (κ1) is 18.1. The fourth-order valence-corrected chi connectivity index (χ4v) is 3.16. The van der Waals surface area contributed by atoms with Gasteiger partial charge in [0.2, 0.25) is 0 Å². The number of rotatable bonds is 8. The Kier molecular flexibility index (Phi) is 6.76. The highest BCUT2D eigenvalue weighted by molar-refractivity contribution is 7.12. The summed E-state index contributed by atoms with van der Waals surface area (Å²) in [5, 5.41) is 5.44. The molecule has 3 aromatic rings. The number of thiophene rings is 1. The fraction of sp³-hybridized carbons (Fsp3) is 0.136. The van der Waals surface area contributed by atoms with Crippen molar-refractivity contribution in [2.75, 3.05) is 13.1 Å². The molecule has 0 spiro atoms. The first-order valence-corrected chi connectivity index (χ1v) is 9.58. The van der Waals surface area contributed by atoms with Crippen molar-refractivity contribution in [3.8, 4) is 0 Å². The van der Waals surface area contributed by atoms with E-state index in [2.05, 4.69) is 58.9 Å². The zero-order valence-electron chi connectivity index (χ0n) is 14.6. The highest BCUT2D eigenvalue weighted by atomic mass is 32.1. The van der Waals surface area contributed by atoms with Crippen LogP contribution < -0.4 is 11.1 Å². The lowest BCUT2D eigenvalue weighted by Crippen LogP contribution is -2.16. The quantitative estimate of drug-likeness (QED) is 0.349. The molecule has 132 valence electrons. The number of hydrogen-bond acceptors (Lipinski definition) is 3. The highest BCUT2D eigenvalue weighted by Crippen LogP contribution is 2.16. The molecule has 3 nitrogen and oxygen atoms in total. The van der Waals surface area contributed by atoms with Gasteiger partial charge in [0.25, 0.3) is 0 Å². The van der Waals surface area contributed by atoms with Crippen LogP contribution in [0.25, 0.3) is 6.08 Å². The Morgan fingerprint density at radius 1 is 1.00 bits per heavy atom. The van der Waals surface area contributed by atoms with Crippen LogP contribution in [0.5, 0.6) is 0 Å². The van der Waals surface area contributed by atoms with Crippen LogP contribution >= 0.6 is 11.3 Å². The van der Waals surface area contributed by atoms with Crippen molar-refractivity contribution in [3.05, 3.63) is 94.2 Å². The van der Waals surface area contributed by atoms with Crippen LogP contribution in [0.1, 0.15) is 16.0 Å². The van der Waals surface area contributed by atoms with Gasteiger partial charge in [-0.2, -0.15) is 0 Å². The second kappa shape index (κ2) is 9.70. The molecule has 1 heterocycles. The summed E-state index contributed by atoms with van der Waals surface area (Å²) in [7, 11) is 0. The summed E-state index contributed by atoms with van der Waals surface area (Å²) in [4.78, 5) is 5.47. The second-order valence-corrected chi connectivity index (χ2v) is 6.86. The first-order chi connectivity index (χ1) is 12.8. The SMILES string of the molecule is NC(=Nc1ccc(CCNCC=Cc2ccccc2)cc1)c1cccs1. The van der Waals surface area contributed by atoms with Gasteiger partial charge in [-0.15, -0.1) is 11.3 Å². The van der Waals surface area contributed by atoms with Crippen molar-refractivity contribution in [1.29, 1.82) is 0 Å². The summed E-state index contributed by atoms with van der Waals surface area (Å²) in [5.74, 6) is 0.569. The average Bonchev–Trinajstić information content (AvgIpc) is 3.22. The Labute approximate surface area is 158 Å². The number of hydrogen-bond donors (Lipinski definition) is 2. The van der Waals surface area contributed by atoms with E-state index in [1.807, 2.05) is 35.7 Å². The molecule has 4 heteroatoms. The molecule has 0 saturated carbocycles. The molecule has 0 unspecified atom stereocenters. The van der Waals surface area contributed by atoms with E-state index in [9.17, 15) is 0 Å². The van der Waals surface area contributed by atoms with E-state index in [0.29, 0.717) is 5.84 Å². The molecule has 0 fully saturated rings. The molecular weight excluding hydrogens is 338 g/mol. The molecule has 0 aliphatic rings. The molecule has 3 N–H and O–H groups in total. The van der Waals surface area contributed by atoms with E-state index < -0.39 is 0 Å². The molecule has 1 aromatic heterocycles. The van der Waals surface area contributed by atoms with Gasteiger partial charge in [0, 0.05) is 6.54 Å². The van der Waals surface area contributed by atoms with Gasteiger partial charge in [0.15, 0.2) is 0 Å². The van der Waals surface area contributed by atoms with E-state index in [1.165, 1.54) is 11.1 Å². The van der Waals surface area contributed by atoms with E-state index >= 15 is 0 Å². The van der Waals surface area contributed by atoms with Gasteiger partial charge in [0.05, 0.1) is 10.6 Å². The van der Waals surface area contributed by atoms with E-state index in [4.69, 9.17) is 5.73 Å². The Balaban J connectivity index is 1.42. The van der Waals surface area contributed by atoms with Gasteiger partial charge >= 0.3 is 0 Å². The number of nitrogens with zero attached hydrogens (tertiary/aromatic N) is 1. The summed E-state index contributed by atoms with van der Waals surface area (Å²) in [6.07, 6.45) is 5.28. The van der Waals surface area contributed by atoms with Crippen LogP contribution in [-0.2, 0) is 6.42 Å². The van der Waals surface area contributed by atoms with Gasteiger partial charge in [0.1, 0.15) is 5.84 Å². The molecular formula is C22H23N3S. The minimum atomic E-state index is 0.569. The average molecular weight is 362 g/mol. The topological polar surface area (TPSA) is 50.4 Å². The lowest BCUT2D eigenvalue weighted by molar-refractivity contribution is 0.745. The van der Waals surface area contributed by atoms with E-state index in [0.717, 1.165) is 30.1 Å². The Morgan fingerprint density at radius 2 is 1.81 bits per heavy atom. The van der Waals surface area contributed by atoms with Crippen LogP contribution in [0, 0.1) is 0 Å². The van der Waals surface area contributed by atoms with Crippen molar-refractivity contribution in [2.45, 2.75) is 6.42 Å². The number of benzene rings is 2. The Bertz CT molecular complexity index is 835. The van der Waals surface area contributed by atoms with E-state index in [1.54, 1.807) is 11.3 Å². The minimum Gasteiger partial charge on any atom is -0.383 e. The maximum absolute atomic E-state index is 6.02. The number of aliphatic imine (C=N–C) groups is 1. The van der Waals surface area contributed by atoms with Crippen molar-refractivity contribution in [2.24, 2.45) is 10.7 Å². The maximum Gasteiger partial charge on any atom is 0.141 e. The minimum absolute atomic E-state index is 0.569. The summed E-state index contributed by atoms with van der Waals surface area (Å²) in [5.41, 5.74) is 9.43. The van der Waals surface area contributed by atoms with Crippen LogP contribution in [0.15, 0.2) is 83.2 Å². The van der Waals surface area contributed by atoms with Gasteiger partial charge < -0.3 is 11.1 Å². The van der Waals surface area contributed by atoms with E-state index in [-0.39, 0.29) is 0 Å². The summed E-state index contributed by atoms with van der Waals surface area (Å²) in [6, 6.07) is 22.6. The van der Waals surface area contributed by atoms with Gasteiger partial charge in [-0.05, 0) is 47.7 Å². The number of nitrogens with two attached hydrogens (primary N) is 1. The first-order valence-electron chi connectivity index (χ1n) is 8.70. The third kappa shape index (κ3) is 5.69. The van der Waals surface area contributed by atoms with Crippen molar-refractivity contribution < 1.29 is 0 Å². The molecule has 0 atom stereocenters. The Hall–Kier alpha value is -2.69. The largest absolute Gasteiger partial charge is 0.383 e. The van der Waals surface area contributed by atoms with Crippen LogP contribution in [0.2, 0.25) is 0 Å². The van der Waals surface area contributed by atoms with Gasteiger partial charge in [-0.3, -0.25) is 0 Å². The second-order valence-electron chi connectivity index (χ2n) is 5.91. The zero-order chi connectivity index (χ0) is 18.0. The molecule has 2 aromatic carbocycles. The molecule has 26 heavy (non-hydrogen) atoms. The third-order valence-corrected chi connectivity index (χ3v) is 4.81. The molecule has 0 radical (unpaired) electrons. The van der Waals surface area contributed by atoms with Crippen LogP contribution in [-0.4, -0.2) is 18.9 Å². The standard InChI is InChI=1S/C22H23N3S/c23-22(21-9-5-17-26-21)25-20-12-10-19(11-13-20)14-16-24-15-4-8-18-6-2-1-3-7-18/h1-13,17,24H,14-16H2,(H2,23,25). The molecule has 0 aliphatic heterocycles. The van der Waals surface area contributed by atoms with Gasteiger partial charge in [-0.1, -0.05) is 60.7 Å². The predicted octanol–water partition coefficient (Wildman–Crippen LogP) is 4.63. The smallest absolute Gasteiger partial charge is 0.141 e. The molecule has 0 aliphatic carbocycles. The number of nitrogens with one attached hydrogen (secondary N) is 1. The highest BCUT2D eigenvalue weighted by Gasteiger charge is 2.00. The van der Waals surface area contributed by atoms with Crippen molar-refractivity contribution in [3.63, 3.8) is 0 Å². The Morgan fingerprint density at radius 3 is 2.54 bits per heavy atom.